The topological polar surface area (TPSA) is 135 Å². The van der Waals surface area contributed by atoms with E-state index >= 15 is 0 Å². The van der Waals surface area contributed by atoms with Crippen LogP contribution in [0.2, 0.25) is 0 Å². The zero-order chi connectivity index (χ0) is 31.5. The van der Waals surface area contributed by atoms with E-state index in [2.05, 4.69) is 5.32 Å². The van der Waals surface area contributed by atoms with Crippen LogP contribution in [0, 0.1) is 0 Å². The van der Waals surface area contributed by atoms with Crippen LogP contribution in [0.1, 0.15) is 64.0 Å². The van der Waals surface area contributed by atoms with E-state index in [1.165, 1.54) is 4.90 Å². The third kappa shape index (κ3) is 6.89. The lowest BCUT2D eigenvalue weighted by Gasteiger charge is -2.31. The van der Waals surface area contributed by atoms with Gasteiger partial charge < -0.3 is 34.6 Å². The normalized spacial score (nSPS) is 25.1. The number of aliphatic hydroxyl groups is 2. The van der Waals surface area contributed by atoms with Gasteiger partial charge in [-0.2, -0.15) is 0 Å². The molecule has 5 rings (SSSR count). The highest BCUT2D eigenvalue weighted by molar-refractivity contribution is 5.97. The first-order valence-corrected chi connectivity index (χ1v) is 15.3. The third-order valence-electron chi connectivity index (χ3n) is 8.18. The molecule has 0 saturated carbocycles. The van der Waals surface area contributed by atoms with Crippen LogP contribution in [-0.4, -0.2) is 82.0 Å². The zero-order valence-electron chi connectivity index (χ0n) is 25.5. The first kappa shape index (κ1) is 31.8. The van der Waals surface area contributed by atoms with Crippen molar-refractivity contribution in [2.45, 2.75) is 94.7 Å². The molecule has 2 aromatic rings. The Bertz CT molecular complexity index is 1320. The monoisotopic (exact) mass is 606 g/mol. The fourth-order valence-electron chi connectivity index (χ4n) is 6.15. The second-order valence-corrected chi connectivity index (χ2v) is 12.6. The lowest BCUT2D eigenvalue weighted by Crippen LogP contribution is -2.51. The molecule has 3 aliphatic rings. The average Bonchev–Trinajstić information content (AvgIpc) is 3.65. The molecule has 0 bridgehead atoms. The molecule has 0 radical (unpaired) electrons. The van der Waals surface area contributed by atoms with Crippen molar-refractivity contribution in [3.05, 3.63) is 83.4 Å². The van der Waals surface area contributed by atoms with Gasteiger partial charge in [-0.1, -0.05) is 60.7 Å². The number of nitrogens with one attached hydrogen (secondary N) is 1. The number of carbonyl (C=O) groups excluding carboxylic acids is 3. The van der Waals surface area contributed by atoms with Gasteiger partial charge in [0, 0.05) is 36.1 Å². The van der Waals surface area contributed by atoms with Gasteiger partial charge in [0.25, 0.3) is 0 Å². The lowest BCUT2D eigenvalue weighted by atomic mass is 9.91. The minimum absolute atomic E-state index is 0.0406. The van der Waals surface area contributed by atoms with Crippen molar-refractivity contribution in [1.29, 1.82) is 0 Å². The summed E-state index contributed by atoms with van der Waals surface area (Å²) < 4.78 is 18.4. The molecule has 44 heavy (non-hydrogen) atoms. The van der Waals surface area contributed by atoms with Gasteiger partial charge in [0.15, 0.2) is 0 Å². The number of nitrogens with zero attached hydrogens (tertiary/aromatic N) is 1. The number of fused-ring (bicyclic) bond motifs is 1. The fraction of sp³-hybridized carbons (Fsp3) is 0.500. The van der Waals surface area contributed by atoms with Gasteiger partial charge in [-0.25, -0.2) is 0 Å². The van der Waals surface area contributed by atoms with E-state index in [0.29, 0.717) is 25.0 Å². The molecule has 2 heterocycles. The number of rotatable bonds is 9. The maximum absolute atomic E-state index is 13.8. The minimum Gasteiger partial charge on any atom is -0.460 e. The largest absolute Gasteiger partial charge is 0.460 e. The average molecular weight is 607 g/mol. The molecule has 2 fully saturated rings. The molecular formula is C34H42N2O8. The molecule has 2 saturated heterocycles. The summed E-state index contributed by atoms with van der Waals surface area (Å²) in [6.07, 6.45) is 0.742. The Morgan fingerprint density at radius 1 is 1.05 bits per heavy atom. The predicted octanol–water partition coefficient (Wildman–Crippen LogP) is 2.95. The smallest absolute Gasteiger partial charge is 0.306 e. The van der Waals surface area contributed by atoms with Crippen molar-refractivity contribution in [3.63, 3.8) is 0 Å². The number of benzene rings is 2. The number of hydrogen-bond donors (Lipinski definition) is 3. The third-order valence-corrected chi connectivity index (χ3v) is 8.18. The summed E-state index contributed by atoms with van der Waals surface area (Å²) in [6.45, 7) is 5.36. The second kappa shape index (κ2) is 13.2. The van der Waals surface area contributed by atoms with E-state index in [1.807, 2.05) is 60.7 Å². The summed E-state index contributed by atoms with van der Waals surface area (Å²) in [5.41, 5.74) is 1.29. The summed E-state index contributed by atoms with van der Waals surface area (Å²) in [7, 11) is 0. The van der Waals surface area contributed by atoms with Gasteiger partial charge in [0.2, 0.25) is 17.6 Å². The number of carbonyl (C=O) groups is 3. The maximum atomic E-state index is 13.8. The Labute approximate surface area is 258 Å². The predicted molar refractivity (Wildman–Crippen MR) is 161 cm³/mol. The Hall–Kier alpha value is -3.57. The van der Waals surface area contributed by atoms with Gasteiger partial charge in [0.1, 0.15) is 23.9 Å². The van der Waals surface area contributed by atoms with Crippen molar-refractivity contribution in [1.82, 2.24) is 10.2 Å². The molecule has 0 spiro atoms. The fourth-order valence-corrected chi connectivity index (χ4v) is 6.15. The van der Waals surface area contributed by atoms with E-state index < -0.39 is 47.8 Å². The highest BCUT2D eigenvalue weighted by Gasteiger charge is 2.54. The van der Waals surface area contributed by atoms with Crippen LogP contribution in [0.5, 0.6) is 0 Å². The number of likely N-dealkylation sites (tertiary alicyclic amines) is 1. The van der Waals surface area contributed by atoms with Crippen LogP contribution in [0.3, 0.4) is 0 Å². The summed E-state index contributed by atoms with van der Waals surface area (Å²) in [4.78, 5) is 40.7. The van der Waals surface area contributed by atoms with Crippen molar-refractivity contribution < 1.29 is 38.8 Å². The summed E-state index contributed by atoms with van der Waals surface area (Å²) >= 11 is 0. The highest BCUT2D eigenvalue weighted by Crippen LogP contribution is 2.46. The number of esters is 1. The van der Waals surface area contributed by atoms with Gasteiger partial charge in [-0.15, -0.1) is 0 Å². The highest BCUT2D eigenvalue weighted by atomic mass is 16.8. The number of aliphatic hydroxyl groups excluding tert-OH is 2. The van der Waals surface area contributed by atoms with Crippen molar-refractivity contribution in [2.75, 3.05) is 13.2 Å². The number of hydrogen-bond acceptors (Lipinski definition) is 8. The Balaban J connectivity index is 1.29. The summed E-state index contributed by atoms with van der Waals surface area (Å²) in [5.74, 6) is -2.40. The van der Waals surface area contributed by atoms with E-state index in [-0.39, 0.29) is 37.7 Å². The Kier molecular flexibility index (Phi) is 9.55. The zero-order valence-corrected chi connectivity index (χ0v) is 25.5. The van der Waals surface area contributed by atoms with E-state index in [1.54, 1.807) is 26.8 Å². The first-order valence-electron chi connectivity index (χ1n) is 15.3. The van der Waals surface area contributed by atoms with Crippen LogP contribution in [0.25, 0.3) is 0 Å². The molecular weight excluding hydrogens is 564 g/mol. The van der Waals surface area contributed by atoms with Crippen LogP contribution in [0.4, 0.5) is 0 Å². The molecule has 10 heteroatoms. The quantitative estimate of drug-likeness (QED) is 0.371. The van der Waals surface area contributed by atoms with Gasteiger partial charge >= 0.3 is 5.97 Å². The van der Waals surface area contributed by atoms with Crippen molar-refractivity contribution in [2.24, 2.45) is 0 Å². The number of ether oxygens (including phenoxy) is 3. The first-order chi connectivity index (χ1) is 21.0. The van der Waals surface area contributed by atoms with E-state index in [0.717, 1.165) is 11.1 Å². The minimum atomic E-state index is -1.26. The Morgan fingerprint density at radius 2 is 1.68 bits per heavy atom. The van der Waals surface area contributed by atoms with Gasteiger partial charge in [-0.05, 0) is 46.1 Å². The molecule has 2 amide bonds. The molecule has 10 nitrogen and oxygen atoms in total. The van der Waals surface area contributed by atoms with Crippen LogP contribution < -0.4 is 5.32 Å². The standard InChI is InChI=1S/C34H42N2O8/c1-33(2,3)43-29(39)17-16-25(21-37)35-31(40)26-15-10-18-36(26)32(41)22-19-27(38)30-28(20-22)42-34(44-30,23-11-6-4-7-12-23)24-13-8-5-9-14-24/h4-9,11-14,20,25-28,30,37-38H,10,15-19,21H2,1-3H3,(H,35,40)/t25-,26+,27+,28+,30-/m0/s1. The molecule has 1 aliphatic carbocycles. The van der Waals surface area contributed by atoms with Gasteiger partial charge in [0.05, 0.1) is 18.8 Å². The molecule has 5 atom stereocenters. The molecule has 0 aromatic heterocycles. The molecule has 0 unspecified atom stereocenters. The SMILES string of the molecule is CC(C)(C)OC(=O)CC[C@@H](CO)NC(=O)[C@H]1CCCN1C(=O)C1=C[C@H]2OC(c3ccccc3)(c3ccccc3)O[C@H]2[C@H](O)C1. The van der Waals surface area contributed by atoms with E-state index in [9.17, 15) is 24.6 Å². The molecule has 2 aliphatic heterocycles. The van der Waals surface area contributed by atoms with Crippen LogP contribution in [-0.2, 0) is 34.4 Å². The second-order valence-electron chi connectivity index (χ2n) is 12.6. The van der Waals surface area contributed by atoms with Gasteiger partial charge in [-0.3, -0.25) is 14.4 Å². The van der Waals surface area contributed by atoms with Crippen LogP contribution >= 0.6 is 0 Å². The van der Waals surface area contributed by atoms with Crippen molar-refractivity contribution >= 4 is 17.8 Å². The molecule has 2 aromatic carbocycles. The Morgan fingerprint density at radius 3 is 2.27 bits per heavy atom. The number of amides is 2. The lowest BCUT2D eigenvalue weighted by molar-refractivity contribution is -0.156. The summed E-state index contributed by atoms with van der Waals surface area (Å²) in [5, 5.41) is 23.9. The molecule has 3 N–H and O–H groups in total. The van der Waals surface area contributed by atoms with E-state index in [4.69, 9.17) is 14.2 Å². The summed E-state index contributed by atoms with van der Waals surface area (Å²) in [6, 6.07) is 17.6. The maximum Gasteiger partial charge on any atom is 0.306 e. The van der Waals surface area contributed by atoms with Crippen molar-refractivity contribution in [3.8, 4) is 0 Å². The molecule has 236 valence electrons. The van der Waals surface area contributed by atoms with Crippen LogP contribution in [0.15, 0.2) is 72.3 Å².